The number of carbonyl (C=O) groups excluding carboxylic acids is 1. The van der Waals surface area contributed by atoms with Gasteiger partial charge in [-0.15, -0.1) is 0 Å². The first kappa shape index (κ1) is 16.4. The van der Waals surface area contributed by atoms with E-state index < -0.39 is 17.8 Å². The molecule has 0 aromatic heterocycles. The fraction of sp³-hybridized carbons (Fsp3) is 0.238. The van der Waals surface area contributed by atoms with Crippen molar-refractivity contribution in [1.29, 1.82) is 0 Å². The maximum Gasteiger partial charge on any atom is 0.307 e. The van der Waals surface area contributed by atoms with E-state index in [1.165, 1.54) is 0 Å². The molecule has 1 fully saturated rings. The molecule has 1 amide bonds. The Kier molecular flexibility index (Phi) is 4.21. The number of aliphatic carboxylic acids is 1. The molecule has 1 saturated carbocycles. The van der Waals surface area contributed by atoms with Crippen LogP contribution in [0.4, 0.5) is 5.69 Å². The molecule has 0 spiro atoms. The number of ether oxygens (including phenoxy) is 1. The maximum atomic E-state index is 12.7. The highest BCUT2D eigenvalue weighted by Crippen LogP contribution is 2.48. The van der Waals surface area contributed by atoms with Gasteiger partial charge in [-0.3, -0.25) is 9.59 Å². The highest BCUT2D eigenvalue weighted by atomic mass is 16.5. The van der Waals surface area contributed by atoms with E-state index in [9.17, 15) is 14.7 Å². The zero-order valence-electron chi connectivity index (χ0n) is 14.0. The van der Waals surface area contributed by atoms with Gasteiger partial charge in [-0.2, -0.15) is 0 Å². The molecule has 4 atom stereocenters. The Bertz CT molecular complexity index is 844. The van der Waals surface area contributed by atoms with Crippen molar-refractivity contribution in [1.82, 2.24) is 0 Å². The number of hydrogen-bond donors (Lipinski definition) is 2. The minimum atomic E-state index is -0.895. The molecule has 0 aliphatic heterocycles. The van der Waals surface area contributed by atoms with E-state index >= 15 is 0 Å². The number of carboxylic acid groups (broad SMARTS) is 1. The van der Waals surface area contributed by atoms with E-state index in [-0.39, 0.29) is 17.7 Å². The van der Waals surface area contributed by atoms with Crippen LogP contribution in [-0.4, -0.2) is 17.0 Å². The number of nitrogens with one attached hydrogen (secondary N) is 1. The molecule has 4 rings (SSSR count). The molecule has 2 aromatic rings. The third-order valence-electron chi connectivity index (χ3n) is 5.15. The smallest absolute Gasteiger partial charge is 0.307 e. The average molecular weight is 349 g/mol. The van der Waals surface area contributed by atoms with Crippen LogP contribution in [0.2, 0.25) is 0 Å². The summed E-state index contributed by atoms with van der Waals surface area (Å²) in [7, 11) is 0. The van der Waals surface area contributed by atoms with Crippen LogP contribution >= 0.6 is 0 Å². The van der Waals surface area contributed by atoms with E-state index in [0.29, 0.717) is 11.4 Å². The van der Waals surface area contributed by atoms with Crippen molar-refractivity contribution in [3.8, 4) is 11.5 Å². The van der Waals surface area contributed by atoms with Gasteiger partial charge in [-0.05, 0) is 54.7 Å². The summed E-state index contributed by atoms with van der Waals surface area (Å²) in [5.41, 5.74) is 0.631. The second-order valence-electron chi connectivity index (χ2n) is 6.77. The Labute approximate surface area is 151 Å². The third kappa shape index (κ3) is 3.08. The highest BCUT2D eigenvalue weighted by Gasteiger charge is 2.51. The van der Waals surface area contributed by atoms with Crippen LogP contribution in [-0.2, 0) is 9.59 Å². The monoisotopic (exact) mass is 349 g/mol. The standard InChI is InChI=1S/C21H19NO4/c23-20(18-13-6-7-14(12-13)19(18)21(24)25)22-15-8-10-17(11-9-15)26-16-4-2-1-3-5-16/h1-11,13-14,18-19H,12H2,(H,22,23)(H,24,25)/t13-,14-,18-,19-/m0/s1. The summed E-state index contributed by atoms with van der Waals surface area (Å²) in [6.45, 7) is 0. The lowest BCUT2D eigenvalue weighted by molar-refractivity contribution is -0.146. The van der Waals surface area contributed by atoms with Gasteiger partial charge in [0.1, 0.15) is 11.5 Å². The number of anilines is 1. The van der Waals surface area contributed by atoms with Gasteiger partial charge in [-0.25, -0.2) is 0 Å². The molecule has 2 aliphatic rings. The first-order chi connectivity index (χ1) is 12.6. The second-order valence-corrected chi connectivity index (χ2v) is 6.77. The fourth-order valence-corrected chi connectivity index (χ4v) is 3.97. The molecule has 0 radical (unpaired) electrons. The van der Waals surface area contributed by atoms with Gasteiger partial charge in [0.05, 0.1) is 11.8 Å². The minimum absolute atomic E-state index is 0.0155. The number of carbonyl (C=O) groups is 2. The Morgan fingerprint density at radius 2 is 1.50 bits per heavy atom. The number of rotatable bonds is 5. The van der Waals surface area contributed by atoms with Crippen LogP contribution in [0.5, 0.6) is 11.5 Å². The number of allylic oxidation sites excluding steroid dienone is 2. The predicted octanol–water partition coefficient (Wildman–Crippen LogP) is 3.94. The van der Waals surface area contributed by atoms with Crippen LogP contribution < -0.4 is 10.1 Å². The fourth-order valence-electron chi connectivity index (χ4n) is 3.97. The van der Waals surface area contributed by atoms with Crippen LogP contribution in [0.25, 0.3) is 0 Å². The lowest BCUT2D eigenvalue weighted by Crippen LogP contribution is -2.36. The summed E-state index contributed by atoms with van der Waals surface area (Å²) >= 11 is 0. The molecular formula is C21H19NO4. The second kappa shape index (κ2) is 6.67. The van der Waals surface area contributed by atoms with Crippen molar-refractivity contribution in [3.05, 3.63) is 66.7 Å². The number of fused-ring (bicyclic) bond motifs is 2. The van der Waals surface area contributed by atoms with Crippen LogP contribution in [0, 0.1) is 23.7 Å². The Morgan fingerprint density at radius 3 is 2.15 bits per heavy atom. The minimum Gasteiger partial charge on any atom is -0.481 e. The zero-order valence-corrected chi connectivity index (χ0v) is 14.0. The van der Waals surface area contributed by atoms with Crippen molar-refractivity contribution in [2.75, 3.05) is 5.32 Å². The van der Waals surface area contributed by atoms with Crippen molar-refractivity contribution in [2.24, 2.45) is 23.7 Å². The molecule has 0 saturated heterocycles. The number of amides is 1. The molecular weight excluding hydrogens is 330 g/mol. The molecule has 26 heavy (non-hydrogen) atoms. The maximum absolute atomic E-state index is 12.7. The molecule has 0 unspecified atom stereocenters. The summed E-state index contributed by atoms with van der Waals surface area (Å²) in [5.74, 6) is -0.882. The Balaban J connectivity index is 1.43. The molecule has 2 N–H and O–H groups in total. The Hall–Kier alpha value is -3.08. The summed E-state index contributed by atoms with van der Waals surface area (Å²) < 4.78 is 5.73. The number of carboxylic acids is 1. The first-order valence-electron chi connectivity index (χ1n) is 8.67. The average Bonchev–Trinajstić information content (AvgIpc) is 3.25. The predicted molar refractivity (Wildman–Crippen MR) is 96.9 cm³/mol. The largest absolute Gasteiger partial charge is 0.481 e. The van der Waals surface area contributed by atoms with Gasteiger partial charge in [0.25, 0.3) is 0 Å². The summed E-state index contributed by atoms with van der Waals surface area (Å²) in [5, 5.41) is 12.3. The summed E-state index contributed by atoms with van der Waals surface area (Å²) in [6, 6.07) is 16.5. The van der Waals surface area contributed by atoms with Gasteiger partial charge < -0.3 is 15.2 Å². The molecule has 132 valence electrons. The quantitative estimate of drug-likeness (QED) is 0.802. The van der Waals surface area contributed by atoms with Crippen LogP contribution in [0.1, 0.15) is 6.42 Å². The van der Waals surface area contributed by atoms with Crippen LogP contribution in [0.3, 0.4) is 0 Å². The number of hydrogen-bond acceptors (Lipinski definition) is 3. The van der Waals surface area contributed by atoms with Gasteiger partial charge in [0.15, 0.2) is 0 Å². The van der Waals surface area contributed by atoms with Crippen molar-refractivity contribution in [3.63, 3.8) is 0 Å². The first-order valence-corrected chi connectivity index (χ1v) is 8.67. The van der Waals surface area contributed by atoms with E-state index in [1.807, 2.05) is 42.5 Å². The molecule has 2 aromatic carbocycles. The molecule has 2 aliphatic carbocycles. The molecule has 0 heterocycles. The third-order valence-corrected chi connectivity index (χ3v) is 5.15. The van der Waals surface area contributed by atoms with E-state index in [2.05, 4.69) is 5.32 Å². The number of benzene rings is 2. The lowest BCUT2D eigenvalue weighted by atomic mass is 9.82. The van der Waals surface area contributed by atoms with E-state index in [0.717, 1.165) is 12.2 Å². The summed E-state index contributed by atoms with van der Waals surface area (Å²) in [4.78, 5) is 24.2. The Morgan fingerprint density at radius 1 is 0.885 bits per heavy atom. The van der Waals surface area contributed by atoms with Gasteiger partial charge in [0, 0.05) is 5.69 Å². The number of para-hydroxylation sites is 1. The van der Waals surface area contributed by atoms with Gasteiger partial charge in [0.2, 0.25) is 5.91 Å². The van der Waals surface area contributed by atoms with Gasteiger partial charge in [-0.1, -0.05) is 30.4 Å². The molecule has 5 heteroatoms. The van der Waals surface area contributed by atoms with E-state index in [4.69, 9.17) is 4.74 Å². The van der Waals surface area contributed by atoms with E-state index in [1.54, 1.807) is 24.3 Å². The summed E-state index contributed by atoms with van der Waals surface area (Å²) in [6.07, 6.45) is 4.66. The molecule has 2 bridgehead atoms. The van der Waals surface area contributed by atoms with Crippen molar-refractivity contribution < 1.29 is 19.4 Å². The normalized spacial score (nSPS) is 25.8. The lowest BCUT2D eigenvalue weighted by Gasteiger charge is -2.23. The molecule has 5 nitrogen and oxygen atoms in total. The zero-order chi connectivity index (χ0) is 18.1. The highest BCUT2D eigenvalue weighted by molar-refractivity contribution is 5.96. The SMILES string of the molecule is O=C(O)[C@@H]1[C@@H](C(=O)Nc2ccc(Oc3ccccc3)cc2)[C@H]2C=C[C@H]1C2. The topological polar surface area (TPSA) is 75.6 Å². The van der Waals surface area contributed by atoms with Crippen molar-refractivity contribution >= 4 is 17.6 Å². The van der Waals surface area contributed by atoms with Gasteiger partial charge >= 0.3 is 5.97 Å². The van der Waals surface area contributed by atoms with Crippen molar-refractivity contribution in [2.45, 2.75) is 6.42 Å². The van der Waals surface area contributed by atoms with Crippen LogP contribution in [0.15, 0.2) is 66.7 Å².